The Bertz CT molecular complexity index is 425. The normalized spacial score (nSPS) is 40.2. The molecule has 0 saturated heterocycles. The fourth-order valence-corrected chi connectivity index (χ4v) is 4.64. The smallest absolute Gasteiger partial charge is 0.208 e. The molecule has 3 fully saturated rings. The Hall–Kier alpha value is -0.830. The van der Waals surface area contributed by atoms with Gasteiger partial charge in [0.1, 0.15) is 5.76 Å². The number of aromatic nitrogens is 1. The number of rotatable bonds is 5. The summed E-state index contributed by atoms with van der Waals surface area (Å²) in [7, 11) is 0. The standard InChI is InChI=1S/C15H22N2O/c1-2-5-16-8-12-17-7-11(18-12)15-13-9-3-4-10(6-9)14(13)15/h7,9-10,13-16H,2-6,8H2,1H3. The van der Waals surface area contributed by atoms with Crippen molar-refractivity contribution >= 4 is 0 Å². The van der Waals surface area contributed by atoms with Crippen LogP contribution in [0, 0.1) is 23.7 Å². The molecule has 0 aromatic carbocycles. The van der Waals surface area contributed by atoms with Gasteiger partial charge in [0.25, 0.3) is 0 Å². The maximum Gasteiger partial charge on any atom is 0.208 e. The molecule has 18 heavy (non-hydrogen) atoms. The average molecular weight is 246 g/mol. The Balaban J connectivity index is 1.41. The van der Waals surface area contributed by atoms with Gasteiger partial charge in [0.15, 0.2) is 0 Å². The van der Waals surface area contributed by atoms with Crippen molar-refractivity contribution in [1.29, 1.82) is 0 Å². The lowest BCUT2D eigenvalue weighted by Gasteiger charge is -2.05. The highest BCUT2D eigenvalue weighted by Gasteiger charge is 2.66. The summed E-state index contributed by atoms with van der Waals surface area (Å²) in [6.45, 7) is 3.99. The second-order valence-corrected chi connectivity index (χ2v) is 6.35. The van der Waals surface area contributed by atoms with Crippen LogP contribution in [0.2, 0.25) is 0 Å². The molecule has 3 heteroatoms. The summed E-state index contributed by atoms with van der Waals surface area (Å²) in [5.74, 6) is 6.70. The van der Waals surface area contributed by atoms with Crippen LogP contribution in [0.3, 0.4) is 0 Å². The van der Waals surface area contributed by atoms with E-state index in [1.54, 1.807) is 0 Å². The third-order valence-electron chi connectivity index (χ3n) is 5.34. The molecule has 3 aliphatic carbocycles. The molecule has 1 N–H and O–H groups in total. The van der Waals surface area contributed by atoms with Gasteiger partial charge in [-0.25, -0.2) is 4.98 Å². The van der Waals surface area contributed by atoms with Gasteiger partial charge in [-0.05, 0) is 55.9 Å². The van der Waals surface area contributed by atoms with Gasteiger partial charge < -0.3 is 9.73 Å². The highest BCUT2D eigenvalue weighted by molar-refractivity contribution is 5.25. The quantitative estimate of drug-likeness (QED) is 0.812. The molecule has 1 aromatic heterocycles. The number of hydrogen-bond donors (Lipinski definition) is 1. The highest BCUT2D eigenvalue weighted by Crippen LogP contribution is 2.73. The Morgan fingerprint density at radius 1 is 1.33 bits per heavy atom. The van der Waals surface area contributed by atoms with Crippen molar-refractivity contribution in [2.75, 3.05) is 6.54 Å². The summed E-state index contributed by atoms with van der Waals surface area (Å²) in [5, 5.41) is 3.35. The minimum absolute atomic E-state index is 0.726. The van der Waals surface area contributed by atoms with E-state index in [9.17, 15) is 0 Å². The lowest BCUT2D eigenvalue weighted by Crippen LogP contribution is -2.13. The van der Waals surface area contributed by atoms with Crippen LogP contribution in [0.5, 0.6) is 0 Å². The van der Waals surface area contributed by atoms with E-state index < -0.39 is 0 Å². The Labute approximate surface area is 108 Å². The Kier molecular flexibility index (Phi) is 2.51. The zero-order valence-corrected chi connectivity index (χ0v) is 11.1. The maximum atomic E-state index is 5.94. The third-order valence-corrected chi connectivity index (χ3v) is 5.34. The van der Waals surface area contributed by atoms with Crippen molar-refractivity contribution in [2.24, 2.45) is 23.7 Å². The summed E-state index contributed by atoms with van der Waals surface area (Å²) in [5.41, 5.74) is 0. The molecule has 98 valence electrons. The van der Waals surface area contributed by atoms with E-state index in [1.807, 2.05) is 6.20 Å². The van der Waals surface area contributed by atoms with Gasteiger partial charge in [-0.3, -0.25) is 0 Å². The van der Waals surface area contributed by atoms with Crippen LogP contribution in [0.4, 0.5) is 0 Å². The molecule has 3 aliphatic rings. The summed E-state index contributed by atoms with van der Waals surface area (Å²) < 4.78 is 5.94. The van der Waals surface area contributed by atoms with Crippen molar-refractivity contribution in [1.82, 2.24) is 10.3 Å². The molecule has 3 saturated carbocycles. The average Bonchev–Trinajstić information content (AvgIpc) is 2.77. The van der Waals surface area contributed by atoms with Crippen LogP contribution < -0.4 is 5.32 Å². The molecule has 0 spiro atoms. The fourth-order valence-electron chi connectivity index (χ4n) is 4.64. The van der Waals surface area contributed by atoms with E-state index in [2.05, 4.69) is 17.2 Å². The van der Waals surface area contributed by atoms with Crippen LogP contribution in [-0.4, -0.2) is 11.5 Å². The van der Waals surface area contributed by atoms with Crippen LogP contribution in [0.25, 0.3) is 0 Å². The second-order valence-electron chi connectivity index (χ2n) is 6.35. The van der Waals surface area contributed by atoms with Crippen LogP contribution in [-0.2, 0) is 6.54 Å². The largest absolute Gasteiger partial charge is 0.444 e. The summed E-state index contributed by atoms with van der Waals surface area (Å²) in [4.78, 5) is 4.42. The monoisotopic (exact) mass is 246 g/mol. The SMILES string of the molecule is CCCNCc1ncc(C2C3C4CCC(C4)C23)o1. The van der Waals surface area contributed by atoms with E-state index in [-0.39, 0.29) is 0 Å². The van der Waals surface area contributed by atoms with E-state index >= 15 is 0 Å². The van der Waals surface area contributed by atoms with Crippen molar-refractivity contribution in [3.05, 3.63) is 17.8 Å². The molecule has 4 rings (SSSR count). The van der Waals surface area contributed by atoms with Crippen LogP contribution in [0.1, 0.15) is 50.2 Å². The molecule has 3 nitrogen and oxygen atoms in total. The lowest BCUT2D eigenvalue weighted by molar-refractivity contribution is 0.406. The lowest BCUT2D eigenvalue weighted by atomic mass is 10.0. The molecule has 1 heterocycles. The number of hydrogen-bond acceptors (Lipinski definition) is 3. The Morgan fingerprint density at radius 2 is 2.11 bits per heavy atom. The van der Waals surface area contributed by atoms with Gasteiger partial charge in [-0.15, -0.1) is 0 Å². The van der Waals surface area contributed by atoms with Crippen molar-refractivity contribution < 1.29 is 4.42 Å². The van der Waals surface area contributed by atoms with Gasteiger partial charge >= 0.3 is 0 Å². The summed E-state index contributed by atoms with van der Waals surface area (Å²) >= 11 is 0. The first-order valence-electron chi connectivity index (χ1n) is 7.53. The molecule has 4 unspecified atom stereocenters. The van der Waals surface area contributed by atoms with Crippen molar-refractivity contribution in [2.45, 2.75) is 45.1 Å². The van der Waals surface area contributed by atoms with E-state index in [0.717, 1.165) is 55.0 Å². The predicted octanol–water partition coefficient (Wildman–Crippen LogP) is 2.93. The zero-order chi connectivity index (χ0) is 12.1. The number of fused-ring (bicyclic) bond motifs is 5. The van der Waals surface area contributed by atoms with Crippen molar-refractivity contribution in [3.63, 3.8) is 0 Å². The molecule has 2 bridgehead atoms. The number of nitrogens with zero attached hydrogens (tertiary/aromatic N) is 1. The highest BCUT2D eigenvalue weighted by atomic mass is 16.4. The van der Waals surface area contributed by atoms with Gasteiger partial charge in [0, 0.05) is 5.92 Å². The second kappa shape index (κ2) is 4.09. The minimum Gasteiger partial charge on any atom is -0.444 e. The van der Waals surface area contributed by atoms with Gasteiger partial charge in [0.2, 0.25) is 5.89 Å². The molecule has 4 atom stereocenters. The minimum atomic E-state index is 0.726. The van der Waals surface area contributed by atoms with E-state index in [4.69, 9.17) is 4.42 Å². The molecular formula is C15H22N2O. The first kappa shape index (κ1) is 11.0. The van der Waals surface area contributed by atoms with Gasteiger partial charge in [-0.2, -0.15) is 0 Å². The van der Waals surface area contributed by atoms with Gasteiger partial charge in [-0.1, -0.05) is 6.92 Å². The topological polar surface area (TPSA) is 38.1 Å². The molecule has 0 aliphatic heterocycles. The maximum absolute atomic E-state index is 5.94. The zero-order valence-electron chi connectivity index (χ0n) is 11.1. The van der Waals surface area contributed by atoms with Crippen molar-refractivity contribution in [3.8, 4) is 0 Å². The van der Waals surface area contributed by atoms with Gasteiger partial charge in [0.05, 0.1) is 12.7 Å². The third kappa shape index (κ3) is 1.56. The van der Waals surface area contributed by atoms with Crippen LogP contribution >= 0.6 is 0 Å². The number of nitrogens with one attached hydrogen (secondary N) is 1. The summed E-state index contributed by atoms with van der Waals surface area (Å²) in [6.07, 6.45) is 7.60. The first-order valence-corrected chi connectivity index (χ1v) is 7.53. The molecule has 0 radical (unpaired) electrons. The molecular weight excluding hydrogens is 224 g/mol. The fraction of sp³-hybridized carbons (Fsp3) is 0.800. The van der Waals surface area contributed by atoms with E-state index in [0.29, 0.717) is 0 Å². The van der Waals surface area contributed by atoms with E-state index in [1.165, 1.54) is 25.0 Å². The first-order chi connectivity index (χ1) is 8.88. The predicted molar refractivity (Wildman–Crippen MR) is 69.1 cm³/mol. The Morgan fingerprint density at radius 3 is 2.83 bits per heavy atom. The summed E-state index contributed by atoms with van der Waals surface area (Å²) in [6, 6.07) is 0. The van der Waals surface area contributed by atoms with Crippen LogP contribution in [0.15, 0.2) is 10.6 Å². The molecule has 1 aromatic rings. The number of oxazole rings is 1. The molecule has 0 amide bonds.